The smallest absolute Gasteiger partial charge is 0.230 e. The predicted molar refractivity (Wildman–Crippen MR) is 121 cm³/mol. The summed E-state index contributed by atoms with van der Waals surface area (Å²) in [6, 6.07) is 11.5. The lowest BCUT2D eigenvalue weighted by atomic mass is 10.1. The van der Waals surface area contributed by atoms with Crippen LogP contribution in [0.15, 0.2) is 40.7 Å². The Morgan fingerprint density at radius 3 is 2.72 bits per heavy atom. The molecule has 0 radical (unpaired) electrons. The Labute approximate surface area is 183 Å². The van der Waals surface area contributed by atoms with Crippen molar-refractivity contribution in [2.24, 2.45) is 0 Å². The van der Waals surface area contributed by atoms with E-state index in [9.17, 15) is 4.79 Å². The molecule has 0 spiro atoms. The van der Waals surface area contributed by atoms with Gasteiger partial charge in [-0.25, -0.2) is 4.98 Å². The van der Waals surface area contributed by atoms with Gasteiger partial charge in [-0.1, -0.05) is 29.4 Å². The van der Waals surface area contributed by atoms with E-state index in [1.54, 1.807) is 11.3 Å². The molecule has 0 aliphatic carbocycles. The van der Waals surface area contributed by atoms with Crippen molar-refractivity contribution in [3.63, 3.8) is 0 Å². The van der Waals surface area contributed by atoms with Gasteiger partial charge in [0.05, 0.1) is 29.2 Å². The topological polar surface area (TPSA) is 60.5 Å². The lowest BCUT2D eigenvalue weighted by molar-refractivity contribution is -0.118. The lowest BCUT2D eigenvalue weighted by Crippen LogP contribution is -2.27. The van der Waals surface area contributed by atoms with Crippen LogP contribution in [0.5, 0.6) is 11.5 Å². The number of thiazole rings is 1. The highest BCUT2D eigenvalue weighted by Gasteiger charge is 2.09. The molecule has 2 aromatic carbocycles. The molecule has 1 aromatic heterocycles. The summed E-state index contributed by atoms with van der Waals surface area (Å²) in [5.41, 5.74) is 1.96. The van der Waals surface area contributed by atoms with E-state index in [1.807, 2.05) is 50.2 Å². The van der Waals surface area contributed by atoms with Crippen molar-refractivity contribution in [3.8, 4) is 11.5 Å². The number of nitrogens with zero attached hydrogens (tertiary/aromatic N) is 1. The number of carbonyl (C=O) groups is 1. The van der Waals surface area contributed by atoms with Gasteiger partial charge in [-0.15, -0.1) is 11.3 Å². The van der Waals surface area contributed by atoms with Crippen molar-refractivity contribution < 1.29 is 14.3 Å². The van der Waals surface area contributed by atoms with Crippen molar-refractivity contribution in [1.29, 1.82) is 0 Å². The van der Waals surface area contributed by atoms with Crippen LogP contribution in [0.4, 0.5) is 0 Å². The number of rotatable bonds is 10. The Morgan fingerprint density at radius 2 is 1.93 bits per heavy atom. The fourth-order valence-corrected chi connectivity index (χ4v) is 4.76. The number of nitrogens with one attached hydrogen (secondary N) is 1. The highest BCUT2D eigenvalue weighted by molar-refractivity contribution is 8.01. The van der Waals surface area contributed by atoms with E-state index in [1.165, 1.54) is 11.8 Å². The molecular weight excluding hydrogens is 428 g/mol. The summed E-state index contributed by atoms with van der Waals surface area (Å²) in [4.78, 5) is 16.7. The average Bonchev–Trinajstić information content (AvgIpc) is 3.10. The van der Waals surface area contributed by atoms with E-state index in [2.05, 4.69) is 10.3 Å². The van der Waals surface area contributed by atoms with Gasteiger partial charge in [0, 0.05) is 11.6 Å². The van der Waals surface area contributed by atoms with Gasteiger partial charge >= 0.3 is 0 Å². The van der Waals surface area contributed by atoms with Gasteiger partial charge in [-0.05, 0) is 56.2 Å². The monoisotopic (exact) mass is 450 g/mol. The van der Waals surface area contributed by atoms with Crippen LogP contribution in [-0.4, -0.2) is 36.4 Å². The molecule has 1 amide bonds. The van der Waals surface area contributed by atoms with Crippen LogP contribution < -0.4 is 14.8 Å². The summed E-state index contributed by atoms with van der Waals surface area (Å²) in [5, 5.41) is 3.63. The van der Waals surface area contributed by atoms with E-state index in [0.29, 0.717) is 30.5 Å². The van der Waals surface area contributed by atoms with Gasteiger partial charge in [0.15, 0.2) is 15.8 Å². The largest absolute Gasteiger partial charge is 0.490 e. The van der Waals surface area contributed by atoms with E-state index in [-0.39, 0.29) is 5.91 Å². The third kappa shape index (κ3) is 6.26. The Morgan fingerprint density at radius 1 is 1.14 bits per heavy atom. The number of fused-ring (bicyclic) bond motifs is 1. The number of hydrogen-bond donors (Lipinski definition) is 1. The number of carbonyl (C=O) groups excluding carboxylic acids is 1. The number of ether oxygens (including phenoxy) is 2. The molecule has 3 rings (SSSR count). The van der Waals surface area contributed by atoms with Gasteiger partial charge in [-0.3, -0.25) is 4.79 Å². The van der Waals surface area contributed by atoms with Gasteiger partial charge in [0.2, 0.25) is 5.91 Å². The van der Waals surface area contributed by atoms with Crippen LogP contribution in [-0.2, 0) is 11.2 Å². The molecular formula is C21H23ClN2O3S2. The molecule has 0 bridgehead atoms. The fraction of sp³-hybridized carbons (Fsp3) is 0.333. The second-order valence-corrected chi connectivity index (χ2v) is 8.82. The first-order chi connectivity index (χ1) is 14.1. The molecule has 0 aliphatic rings. The van der Waals surface area contributed by atoms with Crippen molar-refractivity contribution in [2.45, 2.75) is 24.6 Å². The third-order valence-corrected chi connectivity index (χ3v) is 6.41. The minimum atomic E-state index is -0.0109. The second kappa shape index (κ2) is 10.7. The van der Waals surface area contributed by atoms with Crippen LogP contribution in [0.1, 0.15) is 19.4 Å². The SMILES string of the molecule is CCOc1ccc(CCNC(=O)CSc2nc3cc(Cl)ccc3s2)cc1OCC. The molecule has 29 heavy (non-hydrogen) atoms. The van der Waals surface area contributed by atoms with E-state index < -0.39 is 0 Å². The summed E-state index contributed by atoms with van der Waals surface area (Å²) >= 11 is 9.00. The van der Waals surface area contributed by atoms with E-state index >= 15 is 0 Å². The average molecular weight is 451 g/mol. The van der Waals surface area contributed by atoms with Gasteiger partial charge in [-0.2, -0.15) is 0 Å². The van der Waals surface area contributed by atoms with Crippen molar-refractivity contribution >= 4 is 50.8 Å². The Balaban J connectivity index is 1.47. The van der Waals surface area contributed by atoms with Crippen LogP contribution in [0.2, 0.25) is 5.02 Å². The molecule has 0 unspecified atom stereocenters. The van der Waals surface area contributed by atoms with Gasteiger partial charge in [0.25, 0.3) is 0 Å². The molecule has 154 valence electrons. The number of benzene rings is 2. The molecule has 8 heteroatoms. The molecule has 0 atom stereocenters. The maximum absolute atomic E-state index is 12.2. The minimum Gasteiger partial charge on any atom is -0.490 e. The van der Waals surface area contributed by atoms with E-state index in [4.69, 9.17) is 21.1 Å². The standard InChI is InChI=1S/C21H23ClN2O3S2/c1-3-26-17-7-5-14(11-18(17)27-4-2)9-10-23-20(25)13-28-21-24-16-12-15(22)6-8-19(16)29-21/h5-8,11-12H,3-4,9-10,13H2,1-2H3,(H,23,25). The van der Waals surface area contributed by atoms with Crippen LogP contribution >= 0.6 is 34.7 Å². The fourth-order valence-electron chi connectivity index (χ4n) is 2.72. The molecule has 1 N–H and O–H groups in total. The maximum atomic E-state index is 12.2. The highest BCUT2D eigenvalue weighted by atomic mass is 35.5. The first-order valence-corrected chi connectivity index (χ1v) is 11.6. The molecule has 1 heterocycles. The summed E-state index contributed by atoms with van der Waals surface area (Å²) in [6.45, 7) is 5.62. The quantitative estimate of drug-likeness (QED) is 0.430. The van der Waals surface area contributed by atoms with Crippen LogP contribution in [0, 0.1) is 0 Å². The van der Waals surface area contributed by atoms with Crippen molar-refractivity contribution in [2.75, 3.05) is 25.5 Å². The zero-order chi connectivity index (χ0) is 20.6. The molecule has 0 saturated carbocycles. The van der Waals surface area contributed by atoms with Crippen molar-refractivity contribution in [3.05, 3.63) is 47.0 Å². The Hall–Kier alpha value is -1.96. The number of hydrogen-bond acceptors (Lipinski definition) is 6. The Kier molecular flexibility index (Phi) is 8.03. The first kappa shape index (κ1) is 21.7. The van der Waals surface area contributed by atoms with E-state index in [0.717, 1.165) is 38.0 Å². The summed E-state index contributed by atoms with van der Waals surface area (Å²) in [5.74, 6) is 1.81. The molecule has 0 aliphatic heterocycles. The van der Waals surface area contributed by atoms with Crippen LogP contribution in [0.25, 0.3) is 10.2 Å². The number of halogens is 1. The first-order valence-electron chi connectivity index (χ1n) is 9.43. The maximum Gasteiger partial charge on any atom is 0.230 e. The van der Waals surface area contributed by atoms with Gasteiger partial charge in [0.1, 0.15) is 0 Å². The van der Waals surface area contributed by atoms with Gasteiger partial charge < -0.3 is 14.8 Å². The third-order valence-electron chi connectivity index (χ3n) is 4.00. The number of amides is 1. The molecule has 3 aromatic rings. The minimum absolute atomic E-state index is 0.0109. The van der Waals surface area contributed by atoms with Crippen LogP contribution in [0.3, 0.4) is 0 Å². The summed E-state index contributed by atoms with van der Waals surface area (Å²) in [7, 11) is 0. The summed E-state index contributed by atoms with van der Waals surface area (Å²) < 4.78 is 13.2. The molecule has 0 fully saturated rings. The molecule has 0 saturated heterocycles. The normalized spacial score (nSPS) is 10.9. The van der Waals surface area contributed by atoms with Crippen molar-refractivity contribution in [1.82, 2.24) is 10.3 Å². The highest BCUT2D eigenvalue weighted by Crippen LogP contribution is 2.31. The Bertz CT molecular complexity index is 978. The zero-order valence-electron chi connectivity index (χ0n) is 16.4. The predicted octanol–water partition coefficient (Wildman–Crippen LogP) is 5.20. The summed E-state index contributed by atoms with van der Waals surface area (Å²) in [6.07, 6.45) is 0.725. The second-order valence-electron chi connectivity index (χ2n) is 6.13. The number of thioether (sulfide) groups is 1. The number of aromatic nitrogens is 1. The molecule has 5 nitrogen and oxygen atoms in total. The lowest BCUT2D eigenvalue weighted by Gasteiger charge is -2.12. The zero-order valence-corrected chi connectivity index (χ0v) is 18.8.